The van der Waals surface area contributed by atoms with Crippen LogP contribution in [-0.2, 0) is 9.53 Å². The Balaban J connectivity index is 1.73. The Hall–Kier alpha value is -0.530. The van der Waals surface area contributed by atoms with Gasteiger partial charge in [-0.15, -0.1) is 0 Å². The maximum absolute atomic E-state index is 10.9. The summed E-state index contributed by atoms with van der Waals surface area (Å²) < 4.78 is 5.41. The van der Waals surface area contributed by atoms with Gasteiger partial charge in [-0.1, -0.05) is 6.42 Å². The van der Waals surface area contributed by atoms with Crippen molar-refractivity contribution in [3.63, 3.8) is 0 Å². The van der Waals surface area contributed by atoms with E-state index in [1.807, 2.05) is 0 Å². The van der Waals surface area contributed by atoms with Crippen LogP contribution in [0.5, 0.6) is 0 Å². The van der Waals surface area contributed by atoms with Gasteiger partial charge in [0.1, 0.15) is 6.10 Å². The summed E-state index contributed by atoms with van der Waals surface area (Å²) in [6.07, 6.45) is 7.02. The van der Waals surface area contributed by atoms with Crippen molar-refractivity contribution in [3.8, 4) is 0 Å². The molecule has 0 amide bonds. The van der Waals surface area contributed by atoms with Crippen molar-refractivity contribution < 1.29 is 9.53 Å². The van der Waals surface area contributed by atoms with Gasteiger partial charge in [-0.25, -0.2) is 0 Å². The van der Waals surface area contributed by atoms with Crippen LogP contribution in [0.1, 0.15) is 39.0 Å². The van der Waals surface area contributed by atoms with Crippen LogP contribution in [0.4, 0.5) is 0 Å². The van der Waals surface area contributed by atoms with Crippen LogP contribution in [0.25, 0.3) is 0 Å². The molecule has 3 saturated carbocycles. The molecule has 0 aromatic carbocycles. The molecule has 3 aliphatic rings. The SMILES string of the molecule is CC(=O)O[C@@H]1CC2CC1[C@@H]1CCC[C@H]21. The monoisotopic (exact) mass is 194 g/mol. The van der Waals surface area contributed by atoms with Crippen molar-refractivity contribution in [1.29, 1.82) is 0 Å². The Kier molecular flexibility index (Phi) is 1.86. The predicted molar refractivity (Wildman–Crippen MR) is 52.6 cm³/mol. The Morgan fingerprint density at radius 3 is 2.71 bits per heavy atom. The summed E-state index contributed by atoms with van der Waals surface area (Å²) in [6, 6.07) is 0. The van der Waals surface area contributed by atoms with Crippen LogP contribution < -0.4 is 0 Å². The minimum absolute atomic E-state index is 0.0860. The van der Waals surface area contributed by atoms with E-state index in [2.05, 4.69) is 0 Å². The summed E-state index contributed by atoms with van der Waals surface area (Å²) in [4.78, 5) is 10.9. The van der Waals surface area contributed by atoms with Gasteiger partial charge in [0, 0.05) is 6.92 Å². The molecule has 0 radical (unpaired) electrons. The van der Waals surface area contributed by atoms with E-state index in [-0.39, 0.29) is 12.1 Å². The molecule has 2 nitrogen and oxygen atoms in total. The maximum Gasteiger partial charge on any atom is 0.302 e. The van der Waals surface area contributed by atoms with Gasteiger partial charge in [0.25, 0.3) is 0 Å². The summed E-state index contributed by atoms with van der Waals surface area (Å²) in [5.41, 5.74) is 0. The average Bonchev–Trinajstić information content (AvgIpc) is 2.68. The van der Waals surface area contributed by atoms with Crippen LogP contribution in [0.2, 0.25) is 0 Å². The molecular weight excluding hydrogens is 176 g/mol. The smallest absolute Gasteiger partial charge is 0.302 e. The number of rotatable bonds is 1. The minimum Gasteiger partial charge on any atom is -0.462 e. The van der Waals surface area contributed by atoms with Gasteiger partial charge >= 0.3 is 5.97 Å². The molecule has 0 heterocycles. The molecule has 2 unspecified atom stereocenters. The van der Waals surface area contributed by atoms with E-state index in [0.717, 1.165) is 30.1 Å². The first-order valence-electron chi connectivity index (χ1n) is 5.93. The highest BCUT2D eigenvalue weighted by molar-refractivity contribution is 5.66. The molecule has 2 heteroatoms. The number of hydrogen-bond acceptors (Lipinski definition) is 2. The fraction of sp³-hybridized carbons (Fsp3) is 0.917. The fourth-order valence-corrected chi connectivity index (χ4v) is 4.35. The molecule has 3 aliphatic carbocycles. The van der Waals surface area contributed by atoms with E-state index < -0.39 is 0 Å². The molecule has 0 saturated heterocycles. The van der Waals surface area contributed by atoms with Crippen molar-refractivity contribution >= 4 is 5.97 Å². The van der Waals surface area contributed by atoms with E-state index >= 15 is 0 Å². The Labute approximate surface area is 85.0 Å². The number of ether oxygens (including phenoxy) is 1. The van der Waals surface area contributed by atoms with Gasteiger partial charge in [-0.05, 0) is 49.4 Å². The van der Waals surface area contributed by atoms with Crippen LogP contribution in [-0.4, -0.2) is 12.1 Å². The molecule has 0 aromatic rings. The highest BCUT2D eigenvalue weighted by Crippen LogP contribution is 2.59. The number of carbonyl (C=O) groups is 1. The normalized spacial score (nSPS) is 49.4. The predicted octanol–water partition coefficient (Wildman–Crippen LogP) is 2.37. The largest absolute Gasteiger partial charge is 0.462 e. The number of carbonyl (C=O) groups excluding carboxylic acids is 1. The van der Waals surface area contributed by atoms with E-state index in [1.165, 1.54) is 32.6 Å². The molecule has 0 spiro atoms. The van der Waals surface area contributed by atoms with Gasteiger partial charge < -0.3 is 4.74 Å². The second-order valence-electron chi connectivity index (χ2n) is 5.30. The summed E-state index contributed by atoms with van der Waals surface area (Å²) in [5, 5.41) is 0. The highest BCUT2D eigenvalue weighted by Gasteiger charge is 2.54. The topological polar surface area (TPSA) is 26.3 Å². The third-order valence-corrected chi connectivity index (χ3v) is 4.69. The Morgan fingerprint density at radius 2 is 1.93 bits per heavy atom. The van der Waals surface area contributed by atoms with Crippen molar-refractivity contribution in [2.75, 3.05) is 0 Å². The summed E-state index contributed by atoms with van der Waals surface area (Å²) in [7, 11) is 0. The number of esters is 1. The zero-order chi connectivity index (χ0) is 9.71. The molecule has 2 bridgehead atoms. The van der Waals surface area contributed by atoms with Gasteiger partial charge in [0.05, 0.1) is 0 Å². The van der Waals surface area contributed by atoms with Crippen molar-refractivity contribution in [2.45, 2.75) is 45.1 Å². The van der Waals surface area contributed by atoms with Crippen LogP contribution in [0.15, 0.2) is 0 Å². The zero-order valence-corrected chi connectivity index (χ0v) is 8.74. The lowest BCUT2D eigenvalue weighted by Gasteiger charge is -2.30. The lowest BCUT2D eigenvalue weighted by Crippen LogP contribution is -2.31. The third-order valence-electron chi connectivity index (χ3n) is 4.69. The van der Waals surface area contributed by atoms with Gasteiger partial charge in [0.2, 0.25) is 0 Å². The molecule has 14 heavy (non-hydrogen) atoms. The molecular formula is C12H18O2. The standard InChI is InChI=1S/C12H18O2/c1-7(13)14-12-6-8-5-11(12)10-4-2-3-9(8)10/h8-12H,2-6H2,1H3/t8?,9-,10-,11?,12-/m1/s1. The fourth-order valence-electron chi connectivity index (χ4n) is 4.35. The van der Waals surface area contributed by atoms with Gasteiger partial charge in [-0.3, -0.25) is 4.79 Å². The van der Waals surface area contributed by atoms with Crippen LogP contribution >= 0.6 is 0 Å². The first kappa shape index (κ1) is 8.75. The van der Waals surface area contributed by atoms with Crippen LogP contribution in [0, 0.1) is 23.7 Å². The van der Waals surface area contributed by atoms with Gasteiger partial charge in [-0.2, -0.15) is 0 Å². The molecule has 3 rings (SSSR count). The molecule has 0 aliphatic heterocycles. The van der Waals surface area contributed by atoms with Crippen LogP contribution in [0.3, 0.4) is 0 Å². The van der Waals surface area contributed by atoms with E-state index in [4.69, 9.17) is 4.74 Å². The van der Waals surface area contributed by atoms with Crippen molar-refractivity contribution in [2.24, 2.45) is 23.7 Å². The Morgan fingerprint density at radius 1 is 1.14 bits per heavy atom. The molecule has 78 valence electrons. The molecule has 0 N–H and O–H groups in total. The third kappa shape index (κ3) is 1.12. The highest BCUT2D eigenvalue weighted by atomic mass is 16.5. The van der Waals surface area contributed by atoms with Crippen molar-refractivity contribution in [1.82, 2.24) is 0 Å². The second-order valence-corrected chi connectivity index (χ2v) is 5.30. The minimum atomic E-state index is -0.0860. The van der Waals surface area contributed by atoms with E-state index in [9.17, 15) is 4.79 Å². The lowest BCUT2D eigenvalue weighted by atomic mass is 9.80. The maximum atomic E-state index is 10.9. The number of fused-ring (bicyclic) bond motifs is 5. The quantitative estimate of drug-likeness (QED) is 0.599. The first-order chi connectivity index (χ1) is 6.75. The number of hydrogen-bond donors (Lipinski definition) is 0. The zero-order valence-electron chi connectivity index (χ0n) is 8.74. The Bertz CT molecular complexity index is 261. The van der Waals surface area contributed by atoms with E-state index in [1.54, 1.807) is 0 Å². The molecule has 3 fully saturated rings. The van der Waals surface area contributed by atoms with Crippen molar-refractivity contribution in [3.05, 3.63) is 0 Å². The molecule has 0 aromatic heterocycles. The second kappa shape index (κ2) is 2.98. The summed E-state index contributed by atoms with van der Waals surface area (Å²) in [5.74, 6) is 3.41. The summed E-state index contributed by atoms with van der Waals surface area (Å²) in [6.45, 7) is 1.54. The molecule has 5 atom stereocenters. The average molecular weight is 194 g/mol. The van der Waals surface area contributed by atoms with E-state index in [0.29, 0.717) is 0 Å². The van der Waals surface area contributed by atoms with Gasteiger partial charge in [0.15, 0.2) is 0 Å². The lowest BCUT2D eigenvalue weighted by molar-refractivity contribution is -0.150. The first-order valence-corrected chi connectivity index (χ1v) is 5.93. The summed E-state index contributed by atoms with van der Waals surface area (Å²) >= 11 is 0.